The van der Waals surface area contributed by atoms with Gasteiger partial charge in [-0.3, -0.25) is 18.2 Å². The standard InChI is InChI=1S/C6H14O9P2S/c7-16(8)14-6(15-17(9)10)3-1-5(2-4-6)18(11,12)13/h5,7-8,17H,1-4H2,(H,9,10)(H,11,12,13). The highest BCUT2D eigenvalue weighted by Crippen LogP contribution is 2.46. The van der Waals surface area contributed by atoms with Gasteiger partial charge in [-0.2, -0.15) is 8.42 Å². The molecule has 0 bridgehead atoms. The van der Waals surface area contributed by atoms with Crippen LogP contribution in [0.5, 0.6) is 0 Å². The van der Waals surface area contributed by atoms with E-state index in [9.17, 15) is 13.0 Å². The minimum atomic E-state index is -4.20. The molecule has 1 atom stereocenters. The first-order valence-electron chi connectivity index (χ1n) is 4.90. The molecule has 18 heavy (non-hydrogen) atoms. The van der Waals surface area contributed by atoms with Crippen molar-refractivity contribution in [3.8, 4) is 0 Å². The third-order valence-corrected chi connectivity index (χ3v) is 4.99. The van der Waals surface area contributed by atoms with Crippen molar-refractivity contribution < 1.29 is 41.3 Å². The maximum atomic E-state index is 10.9. The Kier molecular flexibility index (Phi) is 5.67. The molecule has 1 aliphatic rings. The van der Waals surface area contributed by atoms with Crippen molar-refractivity contribution in [1.29, 1.82) is 0 Å². The van der Waals surface area contributed by atoms with Crippen molar-refractivity contribution in [2.24, 2.45) is 0 Å². The number of hydrogen-bond donors (Lipinski definition) is 4. The van der Waals surface area contributed by atoms with Gasteiger partial charge in [-0.05, 0) is 12.8 Å². The van der Waals surface area contributed by atoms with E-state index in [1.54, 1.807) is 0 Å². The predicted octanol–water partition coefficient (Wildman–Crippen LogP) is 0.140. The fraction of sp³-hybridized carbons (Fsp3) is 1.00. The normalized spacial score (nSPS) is 31.5. The highest BCUT2D eigenvalue weighted by molar-refractivity contribution is 7.86. The van der Waals surface area contributed by atoms with Crippen LogP contribution in [-0.4, -0.2) is 38.7 Å². The van der Waals surface area contributed by atoms with Crippen LogP contribution in [0.15, 0.2) is 0 Å². The molecular formula is C6H14O9P2S. The first-order valence-corrected chi connectivity index (χ1v) is 8.83. The molecule has 0 radical (unpaired) electrons. The molecule has 108 valence electrons. The lowest BCUT2D eigenvalue weighted by Gasteiger charge is -2.37. The van der Waals surface area contributed by atoms with Gasteiger partial charge in [0, 0.05) is 12.8 Å². The minimum absolute atomic E-state index is 0.0723. The molecular weight excluding hydrogens is 310 g/mol. The minimum Gasteiger partial charge on any atom is -0.328 e. The van der Waals surface area contributed by atoms with Crippen LogP contribution in [0, 0.1) is 0 Å². The molecule has 0 heterocycles. The van der Waals surface area contributed by atoms with Crippen LogP contribution in [0.2, 0.25) is 0 Å². The van der Waals surface area contributed by atoms with E-state index in [0.29, 0.717) is 0 Å². The van der Waals surface area contributed by atoms with Crippen LogP contribution in [0.3, 0.4) is 0 Å². The first kappa shape index (κ1) is 16.4. The summed E-state index contributed by atoms with van der Waals surface area (Å²) >= 11 is 0. The Bertz CT molecular complexity index is 399. The van der Waals surface area contributed by atoms with E-state index >= 15 is 0 Å². The van der Waals surface area contributed by atoms with E-state index in [2.05, 4.69) is 4.52 Å². The zero-order valence-corrected chi connectivity index (χ0v) is 11.8. The number of hydrogen-bond acceptors (Lipinski definition) is 7. The molecule has 1 unspecified atom stereocenters. The largest absolute Gasteiger partial charge is 0.329 e. The molecule has 0 aromatic carbocycles. The molecule has 0 aromatic heterocycles. The summed E-state index contributed by atoms with van der Waals surface area (Å²) in [6.45, 7) is 0. The summed E-state index contributed by atoms with van der Waals surface area (Å²) in [7, 11) is -10.4. The predicted molar refractivity (Wildman–Crippen MR) is 61.3 cm³/mol. The van der Waals surface area contributed by atoms with Crippen molar-refractivity contribution in [1.82, 2.24) is 0 Å². The third kappa shape index (κ3) is 4.80. The Hall–Kier alpha value is 0.370. The van der Waals surface area contributed by atoms with Crippen LogP contribution in [0.4, 0.5) is 0 Å². The second kappa shape index (κ2) is 6.21. The monoisotopic (exact) mass is 324 g/mol. The number of rotatable bonds is 5. The molecule has 0 saturated heterocycles. The fourth-order valence-corrected chi connectivity index (χ4v) is 3.83. The van der Waals surface area contributed by atoms with Gasteiger partial charge >= 0.3 is 16.9 Å². The van der Waals surface area contributed by atoms with E-state index in [1.165, 1.54) is 0 Å². The van der Waals surface area contributed by atoms with Gasteiger partial charge in [0.25, 0.3) is 10.1 Å². The topological polar surface area (TPSA) is 151 Å². The molecule has 4 N–H and O–H groups in total. The summed E-state index contributed by atoms with van der Waals surface area (Å²) in [5, 5.41) is -1.01. The molecule has 0 amide bonds. The van der Waals surface area contributed by atoms with Crippen LogP contribution >= 0.6 is 16.9 Å². The zero-order chi connectivity index (χ0) is 14.0. The Labute approximate surface area is 105 Å². The molecule has 0 aliphatic heterocycles. The highest BCUT2D eigenvalue weighted by atomic mass is 32.2. The Morgan fingerprint density at radius 3 is 2.11 bits per heavy atom. The average molecular weight is 324 g/mol. The summed E-state index contributed by atoms with van der Waals surface area (Å²) < 4.78 is 50.7. The van der Waals surface area contributed by atoms with Gasteiger partial charge in [-0.1, -0.05) is 0 Å². The summed E-state index contributed by atoms with van der Waals surface area (Å²) in [6.07, 6.45) is -0.433. The van der Waals surface area contributed by atoms with E-state index < -0.39 is 38.0 Å². The van der Waals surface area contributed by atoms with Gasteiger partial charge in [0.1, 0.15) is 0 Å². The summed E-state index contributed by atoms with van der Waals surface area (Å²) in [6, 6.07) is 0. The van der Waals surface area contributed by atoms with E-state index in [0.717, 1.165) is 0 Å². The van der Waals surface area contributed by atoms with Gasteiger partial charge in [0.15, 0.2) is 5.79 Å². The van der Waals surface area contributed by atoms with Gasteiger partial charge in [0.05, 0.1) is 5.25 Å². The lowest BCUT2D eigenvalue weighted by atomic mass is 9.94. The van der Waals surface area contributed by atoms with Gasteiger partial charge in [-0.25, -0.2) is 0 Å². The lowest BCUT2D eigenvalue weighted by molar-refractivity contribution is -0.141. The maximum absolute atomic E-state index is 10.9. The third-order valence-electron chi connectivity index (χ3n) is 2.64. The molecule has 1 saturated carbocycles. The second-order valence-corrected chi connectivity index (χ2v) is 6.96. The second-order valence-electron chi connectivity index (χ2n) is 3.84. The molecule has 9 nitrogen and oxygen atoms in total. The van der Waals surface area contributed by atoms with Crippen LogP contribution < -0.4 is 0 Å². The Balaban J connectivity index is 2.76. The summed E-state index contributed by atoms with van der Waals surface area (Å²) in [5.74, 6) is -1.69. The SMILES string of the molecule is O=[PH](O)OC1(OP(O)O)CCC(S(=O)(=O)O)CC1. The summed E-state index contributed by atoms with van der Waals surface area (Å²) in [4.78, 5) is 26.3. The van der Waals surface area contributed by atoms with Gasteiger partial charge in [0.2, 0.25) is 0 Å². The fourth-order valence-electron chi connectivity index (χ4n) is 1.85. The van der Waals surface area contributed by atoms with Crippen molar-refractivity contribution in [2.75, 3.05) is 0 Å². The van der Waals surface area contributed by atoms with Gasteiger partial charge < -0.3 is 14.7 Å². The van der Waals surface area contributed by atoms with E-state index in [4.69, 9.17) is 23.8 Å². The molecule has 0 spiro atoms. The van der Waals surface area contributed by atoms with Gasteiger partial charge in [-0.15, -0.1) is 0 Å². The average Bonchev–Trinajstić information content (AvgIpc) is 2.13. The quantitative estimate of drug-likeness (QED) is 0.314. The van der Waals surface area contributed by atoms with Crippen molar-refractivity contribution in [3.63, 3.8) is 0 Å². The van der Waals surface area contributed by atoms with Crippen molar-refractivity contribution in [3.05, 3.63) is 0 Å². The van der Waals surface area contributed by atoms with Crippen LogP contribution in [0.1, 0.15) is 25.7 Å². The van der Waals surface area contributed by atoms with Crippen LogP contribution in [-0.2, 0) is 23.7 Å². The zero-order valence-electron chi connectivity index (χ0n) is 9.09. The van der Waals surface area contributed by atoms with Crippen molar-refractivity contribution >= 4 is 27.0 Å². The molecule has 0 aromatic rings. The molecule has 12 heteroatoms. The van der Waals surface area contributed by atoms with E-state index in [1.807, 2.05) is 0 Å². The van der Waals surface area contributed by atoms with E-state index in [-0.39, 0.29) is 25.7 Å². The molecule has 1 aliphatic carbocycles. The molecule has 1 rings (SSSR count). The summed E-state index contributed by atoms with van der Waals surface area (Å²) in [5.41, 5.74) is 0. The highest BCUT2D eigenvalue weighted by Gasteiger charge is 2.43. The molecule has 1 fully saturated rings. The Morgan fingerprint density at radius 1 is 1.28 bits per heavy atom. The lowest BCUT2D eigenvalue weighted by Crippen LogP contribution is -2.40. The maximum Gasteiger partial charge on any atom is 0.329 e. The van der Waals surface area contributed by atoms with Crippen LogP contribution in [0.25, 0.3) is 0 Å². The first-order chi connectivity index (χ1) is 8.15. The van der Waals surface area contributed by atoms with Crippen molar-refractivity contribution in [2.45, 2.75) is 36.7 Å². The smallest absolute Gasteiger partial charge is 0.328 e. The Morgan fingerprint density at radius 2 is 1.78 bits per heavy atom.